The van der Waals surface area contributed by atoms with Gasteiger partial charge in [-0.3, -0.25) is 4.79 Å². The van der Waals surface area contributed by atoms with Crippen molar-refractivity contribution in [2.24, 2.45) is 11.7 Å². The monoisotopic (exact) mass is 312 g/mol. The number of carbonyl (C=O) groups is 1. The van der Waals surface area contributed by atoms with E-state index in [9.17, 15) is 13.2 Å². The fraction of sp³-hybridized carbons (Fsp3) is 0.533. The van der Waals surface area contributed by atoms with Gasteiger partial charge in [-0.15, -0.1) is 0 Å². The van der Waals surface area contributed by atoms with E-state index in [1.54, 1.807) is 0 Å². The Morgan fingerprint density at radius 3 is 2.19 bits per heavy atom. The minimum absolute atomic E-state index is 0.197. The summed E-state index contributed by atoms with van der Waals surface area (Å²) in [4.78, 5) is 12.4. The average molecular weight is 312 g/mol. The third-order valence-corrected chi connectivity index (χ3v) is 4.40. The molecule has 0 saturated carbocycles. The molecule has 0 aliphatic heterocycles. The van der Waals surface area contributed by atoms with Gasteiger partial charge < -0.3 is 11.1 Å². The maximum atomic E-state index is 12.2. The van der Waals surface area contributed by atoms with Crippen LogP contribution in [0.5, 0.6) is 0 Å². The van der Waals surface area contributed by atoms with Crippen LogP contribution in [0, 0.1) is 5.92 Å². The van der Waals surface area contributed by atoms with Crippen LogP contribution in [0.1, 0.15) is 37.6 Å². The number of hydrogen-bond acceptors (Lipinski definition) is 4. The van der Waals surface area contributed by atoms with Gasteiger partial charge in [0.05, 0.1) is 4.90 Å². The van der Waals surface area contributed by atoms with Crippen LogP contribution in [0.25, 0.3) is 0 Å². The van der Waals surface area contributed by atoms with E-state index in [1.165, 1.54) is 24.3 Å². The molecular weight excluding hydrogens is 288 g/mol. The molecule has 0 aliphatic rings. The van der Waals surface area contributed by atoms with E-state index < -0.39 is 15.4 Å². The standard InChI is InChI=1S/C15H24N2O3S/c1-11(2)9-15(3,10-16)17-14(18)12-5-7-13(8-6-12)21(4,19)20/h5-8,11H,9-10,16H2,1-4H3,(H,17,18). The molecule has 1 amide bonds. The fourth-order valence-corrected chi connectivity index (χ4v) is 2.92. The van der Waals surface area contributed by atoms with E-state index in [-0.39, 0.29) is 10.8 Å². The molecule has 0 aliphatic carbocycles. The van der Waals surface area contributed by atoms with Crippen molar-refractivity contribution in [2.75, 3.05) is 12.8 Å². The molecule has 1 aromatic rings. The number of benzene rings is 1. The van der Waals surface area contributed by atoms with Crippen LogP contribution in [0.4, 0.5) is 0 Å². The predicted molar refractivity (Wildman–Crippen MR) is 83.9 cm³/mol. The summed E-state index contributed by atoms with van der Waals surface area (Å²) in [5.41, 5.74) is 5.72. The molecule has 0 spiro atoms. The van der Waals surface area contributed by atoms with Gasteiger partial charge in [0.15, 0.2) is 9.84 Å². The molecule has 0 radical (unpaired) electrons. The van der Waals surface area contributed by atoms with Crippen molar-refractivity contribution >= 4 is 15.7 Å². The third kappa shape index (κ3) is 5.13. The largest absolute Gasteiger partial charge is 0.346 e. The summed E-state index contributed by atoms with van der Waals surface area (Å²) >= 11 is 0. The Balaban J connectivity index is 2.89. The second-order valence-electron chi connectivity index (χ2n) is 6.11. The summed E-state index contributed by atoms with van der Waals surface area (Å²) in [5.74, 6) is 0.162. The molecule has 1 atom stereocenters. The normalized spacial score (nSPS) is 14.8. The van der Waals surface area contributed by atoms with Gasteiger partial charge in [-0.2, -0.15) is 0 Å². The Morgan fingerprint density at radius 2 is 1.81 bits per heavy atom. The minimum Gasteiger partial charge on any atom is -0.346 e. The number of amides is 1. The molecule has 0 bridgehead atoms. The van der Waals surface area contributed by atoms with Crippen molar-refractivity contribution in [2.45, 2.75) is 37.6 Å². The molecule has 6 heteroatoms. The van der Waals surface area contributed by atoms with Crippen LogP contribution < -0.4 is 11.1 Å². The van der Waals surface area contributed by atoms with Crippen molar-refractivity contribution in [1.29, 1.82) is 0 Å². The van der Waals surface area contributed by atoms with E-state index in [1.807, 2.05) is 6.92 Å². The molecule has 5 nitrogen and oxygen atoms in total. The number of nitrogens with one attached hydrogen (secondary N) is 1. The van der Waals surface area contributed by atoms with Gasteiger partial charge in [-0.1, -0.05) is 13.8 Å². The molecule has 0 saturated heterocycles. The highest BCUT2D eigenvalue weighted by Gasteiger charge is 2.26. The highest BCUT2D eigenvalue weighted by Crippen LogP contribution is 2.17. The maximum Gasteiger partial charge on any atom is 0.251 e. The second-order valence-corrected chi connectivity index (χ2v) is 8.13. The Labute approximate surface area is 126 Å². The number of rotatable bonds is 6. The molecule has 0 heterocycles. The Bertz CT molecular complexity index is 594. The fourth-order valence-electron chi connectivity index (χ4n) is 2.29. The lowest BCUT2D eigenvalue weighted by Crippen LogP contribution is -2.52. The Hall–Kier alpha value is -1.40. The zero-order valence-electron chi connectivity index (χ0n) is 13.0. The summed E-state index contributed by atoms with van der Waals surface area (Å²) in [7, 11) is -3.25. The van der Waals surface area contributed by atoms with E-state index in [0.717, 1.165) is 12.7 Å². The first-order valence-corrected chi connectivity index (χ1v) is 8.79. The smallest absolute Gasteiger partial charge is 0.251 e. The molecule has 0 aromatic heterocycles. The summed E-state index contributed by atoms with van der Waals surface area (Å²) < 4.78 is 22.8. The molecule has 1 unspecified atom stereocenters. The van der Waals surface area contributed by atoms with E-state index in [2.05, 4.69) is 19.2 Å². The van der Waals surface area contributed by atoms with Gasteiger partial charge in [-0.25, -0.2) is 8.42 Å². The van der Waals surface area contributed by atoms with Gasteiger partial charge in [0, 0.05) is 23.9 Å². The van der Waals surface area contributed by atoms with Gasteiger partial charge in [0.25, 0.3) is 5.91 Å². The van der Waals surface area contributed by atoms with Crippen LogP contribution >= 0.6 is 0 Å². The lowest BCUT2D eigenvalue weighted by atomic mass is 9.90. The summed E-state index contributed by atoms with van der Waals surface area (Å²) in [5, 5.41) is 2.94. The van der Waals surface area contributed by atoms with Gasteiger partial charge in [0.2, 0.25) is 0 Å². The first kappa shape index (κ1) is 17.7. The van der Waals surface area contributed by atoms with Crippen LogP contribution in [0.3, 0.4) is 0 Å². The molecule has 3 N–H and O–H groups in total. The SMILES string of the molecule is CC(C)CC(C)(CN)NC(=O)c1ccc(S(C)(=O)=O)cc1. The Kier molecular flexibility index (Phi) is 5.53. The lowest BCUT2D eigenvalue weighted by molar-refractivity contribution is 0.0898. The van der Waals surface area contributed by atoms with Crippen molar-refractivity contribution in [1.82, 2.24) is 5.32 Å². The minimum atomic E-state index is -3.25. The molecule has 21 heavy (non-hydrogen) atoms. The quantitative estimate of drug-likeness (QED) is 0.834. The van der Waals surface area contributed by atoms with Crippen LogP contribution in [-0.2, 0) is 9.84 Å². The van der Waals surface area contributed by atoms with Gasteiger partial charge in [-0.05, 0) is 43.5 Å². The van der Waals surface area contributed by atoms with E-state index in [4.69, 9.17) is 5.73 Å². The first-order chi connectivity index (χ1) is 9.57. The zero-order chi connectivity index (χ0) is 16.3. The third-order valence-electron chi connectivity index (χ3n) is 3.27. The summed E-state index contributed by atoms with van der Waals surface area (Å²) in [6, 6.07) is 5.90. The summed E-state index contributed by atoms with van der Waals surface area (Å²) in [6.45, 7) is 6.40. The van der Waals surface area contributed by atoms with Crippen LogP contribution in [0.15, 0.2) is 29.2 Å². The molecule has 118 valence electrons. The predicted octanol–water partition coefficient (Wildman–Crippen LogP) is 1.58. The second kappa shape index (κ2) is 6.58. The van der Waals surface area contributed by atoms with Crippen molar-refractivity contribution in [3.8, 4) is 0 Å². The zero-order valence-corrected chi connectivity index (χ0v) is 13.8. The van der Waals surface area contributed by atoms with Crippen LogP contribution in [-0.4, -0.2) is 32.7 Å². The molecule has 0 fully saturated rings. The van der Waals surface area contributed by atoms with E-state index >= 15 is 0 Å². The highest BCUT2D eigenvalue weighted by atomic mass is 32.2. The molecule has 1 aromatic carbocycles. The topological polar surface area (TPSA) is 89.3 Å². The maximum absolute atomic E-state index is 12.2. The van der Waals surface area contributed by atoms with E-state index in [0.29, 0.717) is 18.0 Å². The first-order valence-electron chi connectivity index (χ1n) is 6.90. The number of nitrogens with two attached hydrogens (primary N) is 1. The van der Waals surface area contributed by atoms with Crippen molar-refractivity contribution < 1.29 is 13.2 Å². The van der Waals surface area contributed by atoms with Crippen molar-refractivity contribution in [3.05, 3.63) is 29.8 Å². The number of carbonyl (C=O) groups excluding carboxylic acids is 1. The van der Waals surface area contributed by atoms with Crippen LogP contribution in [0.2, 0.25) is 0 Å². The average Bonchev–Trinajstić information content (AvgIpc) is 2.36. The molecular formula is C15H24N2O3S. The lowest BCUT2D eigenvalue weighted by Gasteiger charge is -2.31. The van der Waals surface area contributed by atoms with Gasteiger partial charge >= 0.3 is 0 Å². The Morgan fingerprint density at radius 1 is 1.29 bits per heavy atom. The highest BCUT2D eigenvalue weighted by molar-refractivity contribution is 7.90. The van der Waals surface area contributed by atoms with Gasteiger partial charge in [0.1, 0.15) is 0 Å². The molecule has 1 rings (SSSR count). The van der Waals surface area contributed by atoms with Crippen molar-refractivity contribution in [3.63, 3.8) is 0 Å². The number of sulfone groups is 1. The number of hydrogen-bond donors (Lipinski definition) is 2. The summed E-state index contributed by atoms with van der Waals surface area (Å²) in [6.07, 6.45) is 1.91.